The van der Waals surface area contributed by atoms with Gasteiger partial charge >= 0.3 is 0 Å². The number of hydrogen-bond donors (Lipinski definition) is 1. The average Bonchev–Trinajstić information content (AvgIpc) is 2.42. The lowest BCUT2D eigenvalue weighted by Gasteiger charge is -2.07. The van der Waals surface area contributed by atoms with Gasteiger partial charge in [0.2, 0.25) is 0 Å². The van der Waals surface area contributed by atoms with Crippen LogP contribution in [0.1, 0.15) is 23.7 Å². The Morgan fingerprint density at radius 1 is 1.16 bits per heavy atom. The van der Waals surface area contributed by atoms with Crippen molar-refractivity contribution in [1.29, 1.82) is 0 Å². The summed E-state index contributed by atoms with van der Waals surface area (Å²) >= 11 is 1.81. The van der Waals surface area contributed by atoms with Crippen LogP contribution < -0.4 is 5.32 Å². The highest BCUT2D eigenvalue weighted by atomic mass is 32.2. The molecule has 0 aliphatic rings. The van der Waals surface area contributed by atoms with E-state index in [2.05, 4.69) is 47.3 Å². The first-order chi connectivity index (χ1) is 9.19. The third-order valence-corrected chi connectivity index (χ3v) is 3.97. The SMILES string of the molecule is CCNc1cnc(CSc2cc(C)ccc2C)cn1. The van der Waals surface area contributed by atoms with Crippen LogP contribution >= 0.6 is 11.8 Å². The number of nitrogens with one attached hydrogen (secondary N) is 1. The maximum Gasteiger partial charge on any atom is 0.144 e. The van der Waals surface area contributed by atoms with Gasteiger partial charge < -0.3 is 5.32 Å². The molecule has 0 unspecified atom stereocenters. The zero-order chi connectivity index (χ0) is 13.7. The molecule has 2 aromatic rings. The number of benzene rings is 1. The van der Waals surface area contributed by atoms with Crippen molar-refractivity contribution in [3.05, 3.63) is 47.4 Å². The van der Waals surface area contributed by atoms with Gasteiger partial charge in [-0.25, -0.2) is 4.98 Å². The smallest absolute Gasteiger partial charge is 0.144 e. The minimum Gasteiger partial charge on any atom is -0.369 e. The van der Waals surface area contributed by atoms with Crippen LogP contribution in [0.3, 0.4) is 0 Å². The van der Waals surface area contributed by atoms with Crippen LogP contribution in [-0.2, 0) is 5.75 Å². The molecule has 0 aliphatic heterocycles. The second kappa shape index (κ2) is 6.57. The summed E-state index contributed by atoms with van der Waals surface area (Å²) in [6, 6.07) is 6.53. The Balaban J connectivity index is 2.00. The minimum atomic E-state index is 0.836. The van der Waals surface area contributed by atoms with E-state index in [-0.39, 0.29) is 0 Å². The Bertz CT molecular complexity index is 538. The van der Waals surface area contributed by atoms with E-state index in [4.69, 9.17) is 0 Å². The largest absolute Gasteiger partial charge is 0.369 e. The fraction of sp³-hybridized carbons (Fsp3) is 0.333. The predicted octanol–water partition coefficient (Wildman–Crippen LogP) is 3.82. The van der Waals surface area contributed by atoms with Crippen molar-refractivity contribution in [2.24, 2.45) is 0 Å². The van der Waals surface area contributed by atoms with Gasteiger partial charge in [0, 0.05) is 17.2 Å². The summed E-state index contributed by atoms with van der Waals surface area (Å²) in [4.78, 5) is 10.1. The van der Waals surface area contributed by atoms with Crippen LogP contribution in [-0.4, -0.2) is 16.5 Å². The molecule has 0 bridgehead atoms. The monoisotopic (exact) mass is 273 g/mol. The lowest BCUT2D eigenvalue weighted by Crippen LogP contribution is -2.00. The average molecular weight is 273 g/mol. The van der Waals surface area contributed by atoms with Gasteiger partial charge in [0.05, 0.1) is 18.1 Å². The first-order valence-electron chi connectivity index (χ1n) is 6.44. The number of rotatable bonds is 5. The first kappa shape index (κ1) is 13.9. The Morgan fingerprint density at radius 2 is 2.00 bits per heavy atom. The van der Waals surface area contributed by atoms with Gasteiger partial charge in [-0.2, -0.15) is 0 Å². The van der Waals surface area contributed by atoms with Crippen LogP contribution in [0.15, 0.2) is 35.5 Å². The summed E-state index contributed by atoms with van der Waals surface area (Å²) in [5.74, 6) is 1.69. The molecule has 19 heavy (non-hydrogen) atoms. The van der Waals surface area contributed by atoms with Crippen LogP contribution in [0, 0.1) is 13.8 Å². The normalized spacial score (nSPS) is 10.5. The van der Waals surface area contributed by atoms with E-state index in [0.29, 0.717) is 0 Å². The molecule has 1 N–H and O–H groups in total. The number of thioether (sulfide) groups is 1. The summed E-state index contributed by atoms with van der Waals surface area (Å²) in [6.45, 7) is 7.17. The highest BCUT2D eigenvalue weighted by molar-refractivity contribution is 7.98. The summed E-state index contributed by atoms with van der Waals surface area (Å²) < 4.78 is 0. The molecule has 0 atom stereocenters. The third-order valence-electron chi connectivity index (χ3n) is 2.78. The molecule has 0 amide bonds. The van der Waals surface area contributed by atoms with E-state index in [0.717, 1.165) is 23.8 Å². The lowest BCUT2D eigenvalue weighted by atomic mass is 10.2. The molecule has 100 valence electrons. The third kappa shape index (κ3) is 3.96. The first-order valence-corrected chi connectivity index (χ1v) is 7.42. The molecule has 0 spiro atoms. The Morgan fingerprint density at radius 3 is 2.68 bits per heavy atom. The fourth-order valence-electron chi connectivity index (χ4n) is 1.72. The standard InChI is InChI=1S/C15H19N3S/c1-4-16-15-9-17-13(8-18-15)10-19-14-7-11(2)5-6-12(14)3/h5-9H,4,10H2,1-3H3,(H,16,18). The van der Waals surface area contributed by atoms with Crippen LogP contribution in [0.25, 0.3) is 0 Å². The molecule has 1 aromatic heterocycles. The maximum atomic E-state index is 4.42. The highest BCUT2D eigenvalue weighted by Gasteiger charge is 2.02. The van der Waals surface area contributed by atoms with E-state index in [1.807, 2.05) is 24.9 Å². The van der Waals surface area contributed by atoms with Gasteiger partial charge in [0.1, 0.15) is 5.82 Å². The van der Waals surface area contributed by atoms with Crippen molar-refractivity contribution < 1.29 is 0 Å². The van der Waals surface area contributed by atoms with Gasteiger partial charge in [-0.1, -0.05) is 17.7 Å². The molecule has 3 nitrogen and oxygen atoms in total. The molecule has 0 radical (unpaired) electrons. The number of aryl methyl sites for hydroxylation is 2. The van der Waals surface area contributed by atoms with Crippen molar-refractivity contribution in [3.63, 3.8) is 0 Å². The van der Waals surface area contributed by atoms with E-state index in [1.165, 1.54) is 16.0 Å². The number of hydrogen-bond acceptors (Lipinski definition) is 4. The number of anilines is 1. The molecule has 0 saturated carbocycles. The highest BCUT2D eigenvalue weighted by Crippen LogP contribution is 2.26. The summed E-state index contributed by atoms with van der Waals surface area (Å²) in [6.07, 6.45) is 3.64. The topological polar surface area (TPSA) is 37.8 Å². The lowest BCUT2D eigenvalue weighted by molar-refractivity contribution is 1.07. The van der Waals surface area contributed by atoms with Gasteiger partial charge in [-0.3, -0.25) is 4.98 Å². The summed E-state index contributed by atoms with van der Waals surface area (Å²) in [7, 11) is 0. The van der Waals surface area contributed by atoms with Gasteiger partial charge in [0.15, 0.2) is 0 Å². The molecule has 4 heteroatoms. The molecule has 0 fully saturated rings. The Labute approximate surface area is 118 Å². The van der Waals surface area contributed by atoms with E-state index < -0.39 is 0 Å². The summed E-state index contributed by atoms with van der Waals surface area (Å²) in [5.41, 5.74) is 3.61. The molecule has 1 aromatic carbocycles. The zero-order valence-corrected chi connectivity index (χ0v) is 12.4. The van der Waals surface area contributed by atoms with Crippen molar-refractivity contribution in [2.45, 2.75) is 31.4 Å². The molecule has 1 heterocycles. The second-order valence-electron chi connectivity index (χ2n) is 4.48. The quantitative estimate of drug-likeness (QED) is 0.840. The van der Waals surface area contributed by atoms with Gasteiger partial charge in [-0.05, 0) is 32.4 Å². The van der Waals surface area contributed by atoms with E-state index in [1.54, 1.807) is 6.20 Å². The van der Waals surface area contributed by atoms with Crippen molar-refractivity contribution in [2.75, 3.05) is 11.9 Å². The summed E-state index contributed by atoms with van der Waals surface area (Å²) in [5, 5.41) is 3.14. The Hall–Kier alpha value is -1.55. The number of nitrogens with zero attached hydrogens (tertiary/aromatic N) is 2. The van der Waals surface area contributed by atoms with Crippen molar-refractivity contribution >= 4 is 17.6 Å². The molecule has 0 saturated heterocycles. The number of aromatic nitrogens is 2. The minimum absolute atomic E-state index is 0.836. The Kier molecular flexibility index (Phi) is 4.80. The molecule has 2 rings (SSSR count). The maximum absolute atomic E-state index is 4.42. The van der Waals surface area contributed by atoms with Crippen molar-refractivity contribution in [1.82, 2.24) is 9.97 Å². The molecular weight excluding hydrogens is 254 g/mol. The van der Waals surface area contributed by atoms with E-state index >= 15 is 0 Å². The fourth-order valence-corrected chi connectivity index (χ4v) is 2.73. The zero-order valence-electron chi connectivity index (χ0n) is 11.6. The van der Waals surface area contributed by atoms with Crippen molar-refractivity contribution in [3.8, 4) is 0 Å². The second-order valence-corrected chi connectivity index (χ2v) is 5.50. The van der Waals surface area contributed by atoms with Crippen LogP contribution in [0.2, 0.25) is 0 Å². The molecular formula is C15H19N3S. The van der Waals surface area contributed by atoms with E-state index in [9.17, 15) is 0 Å². The predicted molar refractivity (Wildman–Crippen MR) is 81.7 cm³/mol. The van der Waals surface area contributed by atoms with Crippen LogP contribution in [0.5, 0.6) is 0 Å². The molecule has 0 aliphatic carbocycles. The van der Waals surface area contributed by atoms with Gasteiger partial charge in [-0.15, -0.1) is 11.8 Å². The van der Waals surface area contributed by atoms with Gasteiger partial charge in [0.25, 0.3) is 0 Å². The van der Waals surface area contributed by atoms with Crippen LogP contribution in [0.4, 0.5) is 5.82 Å².